The second-order valence-electron chi connectivity index (χ2n) is 15.2. The van der Waals surface area contributed by atoms with Crippen LogP contribution in [0.1, 0.15) is 64.5 Å². The molecule has 0 spiro atoms. The molecule has 330 valence electrons. The number of rotatable bonds is 23. The van der Waals surface area contributed by atoms with E-state index >= 15 is 0 Å². The zero-order valence-corrected chi connectivity index (χ0v) is 37.1. The molecule has 3 aromatic rings. The number of aromatic hydroxyl groups is 2. The zero-order valence-electron chi connectivity index (χ0n) is 34.7. The van der Waals surface area contributed by atoms with Gasteiger partial charge < -0.3 is 20.0 Å². The van der Waals surface area contributed by atoms with Gasteiger partial charge in [-0.3, -0.25) is 0 Å². The second-order valence-corrected chi connectivity index (χ2v) is 18.8. The smallest absolute Gasteiger partial charge is 0.333 e. The molecule has 1 aromatic heterocycles. The predicted octanol–water partition coefficient (Wildman–Crippen LogP) is 7.60. The Morgan fingerprint density at radius 1 is 0.836 bits per heavy atom. The lowest BCUT2D eigenvalue weighted by Crippen LogP contribution is -2.29. The Hall–Kier alpha value is -4.41. The van der Waals surface area contributed by atoms with Gasteiger partial charge in [0, 0.05) is 115 Å². The van der Waals surface area contributed by atoms with Crippen molar-refractivity contribution >= 4 is 57.2 Å². The number of carbonyl (C=O) groups is 1. The number of anilines is 1. The fraction of sp³-hybridized carbons (Fsp3) is 0.381. The average Bonchev–Trinajstić information content (AvgIpc) is 3.74. The summed E-state index contributed by atoms with van der Waals surface area (Å²) in [5, 5.41) is 43.9. The molecule has 2 aromatic carbocycles. The van der Waals surface area contributed by atoms with Crippen LogP contribution in [0.4, 0.5) is 11.4 Å². The van der Waals surface area contributed by atoms with Gasteiger partial charge in [0.25, 0.3) is 0 Å². The van der Waals surface area contributed by atoms with Crippen LogP contribution in [0.15, 0.2) is 108 Å². The standard InChI is InChI=1S/C42H52N4O12S3/c1-41(2)32-16-11-12-17-34(32)44(26-14-28-59-57-55-50)36(41)18-9-7-6-8-10-19-37-42(3,4)33-30-31(21-22-35(33)45(37)27-15-29-60-58-56-51)61(52,53)43(5)25-13-20-40(49)54-46-38(47)23-24-39(46)48/h6-12,16-19,21-24,30H,13-15,20,25-29H2,1-5H3,(H3-,47,48,50,51)/p+1. The van der Waals surface area contributed by atoms with Crippen LogP contribution in [0.3, 0.4) is 0 Å². The summed E-state index contributed by atoms with van der Waals surface area (Å²) in [5.41, 5.74) is 5.41. The summed E-state index contributed by atoms with van der Waals surface area (Å²) >= 11 is 2.02. The lowest BCUT2D eigenvalue weighted by molar-refractivity contribution is -0.438. The van der Waals surface area contributed by atoms with Gasteiger partial charge in [0.2, 0.25) is 27.5 Å². The average molecular weight is 902 g/mol. The van der Waals surface area contributed by atoms with Crippen molar-refractivity contribution in [3.8, 4) is 11.8 Å². The highest BCUT2D eigenvalue weighted by atomic mass is 32.2. The second kappa shape index (κ2) is 21.6. The summed E-state index contributed by atoms with van der Waals surface area (Å²) in [7, 11) is -2.51. The molecular formula is C42H53N4O12S3+. The van der Waals surface area contributed by atoms with E-state index < -0.39 is 33.2 Å². The Morgan fingerprint density at radius 2 is 1.49 bits per heavy atom. The van der Waals surface area contributed by atoms with Crippen molar-refractivity contribution in [1.82, 2.24) is 9.04 Å². The van der Waals surface area contributed by atoms with E-state index in [2.05, 4.69) is 66.3 Å². The third-order valence-corrected chi connectivity index (χ3v) is 13.6. The number of carbonyl (C=O) groups excluding carboxylic acids is 1. The van der Waals surface area contributed by atoms with Crippen LogP contribution in [-0.4, -0.2) is 92.6 Å². The number of fused-ring (bicyclic) bond motifs is 2. The van der Waals surface area contributed by atoms with Crippen molar-refractivity contribution in [2.45, 2.75) is 69.1 Å². The minimum absolute atomic E-state index is 0.0179. The third kappa shape index (κ3) is 11.4. The van der Waals surface area contributed by atoms with Crippen molar-refractivity contribution in [3.63, 3.8) is 0 Å². The minimum Gasteiger partial charge on any atom is -0.492 e. The third-order valence-electron chi connectivity index (χ3n) is 10.5. The summed E-state index contributed by atoms with van der Waals surface area (Å²) in [5.74, 6) is -0.489. The van der Waals surface area contributed by atoms with E-state index in [0.717, 1.165) is 65.4 Å². The van der Waals surface area contributed by atoms with Gasteiger partial charge >= 0.3 is 5.97 Å². The van der Waals surface area contributed by atoms with E-state index in [4.69, 9.17) is 15.4 Å². The molecule has 2 aliphatic heterocycles. The Labute approximate surface area is 364 Å². The van der Waals surface area contributed by atoms with E-state index in [1.54, 1.807) is 18.2 Å². The topological polar surface area (TPSA) is 193 Å². The highest BCUT2D eigenvalue weighted by Crippen LogP contribution is 2.49. The molecule has 0 amide bonds. The van der Waals surface area contributed by atoms with Crippen LogP contribution in [-0.2, 0) is 44.4 Å². The van der Waals surface area contributed by atoms with E-state index in [1.165, 1.54) is 29.0 Å². The van der Waals surface area contributed by atoms with Gasteiger partial charge in [0.1, 0.15) is 6.54 Å². The van der Waals surface area contributed by atoms with Crippen LogP contribution >= 0.6 is 24.1 Å². The minimum atomic E-state index is -3.96. The number of hydrogen-bond acceptors (Lipinski definition) is 15. The molecule has 0 unspecified atom stereocenters. The molecular weight excluding hydrogens is 849 g/mol. The van der Waals surface area contributed by atoms with Crippen LogP contribution in [0.5, 0.6) is 11.8 Å². The fourth-order valence-corrected chi connectivity index (χ4v) is 9.44. The molecule has 5 rings (SSSR count). The zero-order chi connectivity index (χ0) is 44.2. The van der Waals surface area contributed by atoms with Gasteiger partial charge in [-0.2, -0.15) is 4.58 Å². The maximum atomic E-state index is 13.8. The molecule has 16 nitrogen and oxygen atoms in total. The van der Waals surface area contributed by atoms with Crippen LogP contribution in [0.25, 0.3) is 0 Å². The van der Waals surface area contributed by atoms with Gasteiger partial charge in [-0.1, -0.05) is 72.5 Å². The molecule has 0 saturated carbocycles. The quantitative estimate of drug-likeness (QED) is 0.0181. The van der Waals surface area contributed by atoms with E-state index in [1.807, 2.05) is 56.4 Å². The highest BCUT2D eigenvalue weighted by Gasteiger charge is 2.44. The van der Waals surface area contributed by atoms with Crippen LogP contribution in [0.2, 0.25) is 0 Å². The number of allylic oxidation sites excluding steroid dienone is 8. The molecule has 61 heavy (non-hydrogen) atoms. The number of para-hydroxylation sites is 1. The van der Waals surface area contributed by atoms with Gasteiger partial charge in [0.05, 0.1) is 10.3 Å². The van der Waals surface area contributed by atoms with E-state index in [9.17, 15) is 23.4 Å². The normalized spacial score (nSPS) is 16.6. The van der Waals surface area contributed by atoms with Gasteiger partial charge in [-0.15, -0.1) is 13.4 Å². The highest BCUT2D eigenvalue weighted by molar-refractivity contribution is 7.94. The first-order valence-corrected chi connectivity index (χ1v) is 22.8. The summed E-state index contributed by atoms with van der Waals surface area (Å²) in [6.07, 6.45) is 15.4. The largest absolute Gasteiger partial charge is 0.492 e. The monoisotopic (exact) mass is 901 g/mol. The first-order chi connectivity index (χ1) is 29.2. The molecule has 0 saturated heterocycles. The maximum absolute atomic E-state index is 13.8. The van der Waals surface area contributed by atoms with Crippen molar-refractivity contribution in [3.05, 3.63) is 114 Å². The summed E-state index contributed by atoms with van der Waals surface area (Å²) in [4.78, 5) is 19.6. The molecule has 0 aliphatic carbocycles. The first kappa shape index (κ1) is 47.6. The summed E-state index contributed by atoms with van der Waals surface area (Å²) in [6.45, 7) is 9.87. The molecule has 4 N–H and O–H groups in total. The molecule has 2 aliphatic rings. The lowest BCUT2D eigenvalue weighted by Gasteiger charge is -2.27. The molecule has 3 heterocycles. The Morgan fingerprint density at radius 3 is 2.20 bits per heavy atom. The molecule has 0 atom stereocenters. The SMILES string of the molecule is CN(CCCC(=O)On1c(O)ccc1O)S(=O)(=O)c1ccc2c(c1)C(C)(C)C(=CC=CC=CC=CC1=[N+](CCCSOOO)c3ccccc3C1(C)C)N2CCCSOOO. The van der Waals surface area contributed by atoms with Crippen molar-refractivity contribution < 1.29 is 62.1 Å². The van der Waals surface area contributed by atoms with Gasteiger partial charge in [-0.25, -0.2) is 28.0 Å². The maximum Gasteiger partial charge on any atom is 0.333 e. The van der Waals surface area contributed by atoms with Crippen LogP contribution < -0.4 is 9.74 Å². The number of hydrogen-bond donors (Lipinski definition) is 4. The molecule has 19 heteroatoms. The Balaban J connectivity index is 1.30. The van der Waals surface area contributed by atoms with Crippen LogP contribution in [0, 0.1) is 0 Å². The number of sulfonamides is 1. The Kier molecular flexibility index (Phi) is 16.9. The van der Waals surface area contributed by atoms with E-state index in [-0.39, 0.29) is 29.7 Å². The van der Waals surface area contributed by atoms with Gasteiger partial charge in [0.15, 0.2) is 5.71 Å². The molecule has 0 bridgehead atoms. The van der Waals surface area contributed by atoms with Crippen molar-refractivity contribution in [1.29, 1.82) is 0 Å². The van der Waals surface area contributed by atoms with Crippen molar-refractivity contribution in [2.24, 2.45) is 0 Å². The summed E-state index contributed by atoms with van der Waals surface area (Å²) < 4.78 is 40.8. The fourth-order valence-electron chi connectivity index (χ4n) is 7.49. The number of benzene rings is 2. The Bertz CT molecular complexity index is 2250. The van der Waals surface area contributed by atoms with Gasteiger partial charge in [-0.05, 0) is 56.5 Å². The predicted molar refractivity (Wildman–Crippen MR) is 234 cm³/mol. The van der Waals surface area contributed by atoms with Crippen molar-refractivity contribution in [2.75, 3.05) is 43.1 Å². The number of aromatic nitrogens is 1. The molecule has 0 fully saturated rings. The molecule has 0 radical (unpaired) electrons. The lowest BCUT2D eigenvalue weighted by atomic mass is 9.81. The van der Waals surface area contributed by atoms with E-state index in [0.29, 0.717) is 29.2 Å². The number of nitrogens with zero attached hydrogens (tertiary/aromatic N) is 4. The summed E-state index contributed by atoms with van der Waals surface area (Å²) in [6, 6.07) is 15.8. The first-order valence-electron chi connectivity index (χ1n) is 19.5.